The van der Waals surface area contributed by atoms with Crippen molar-refractivity contribution < 1.29 is 0 Å². The van der Waals surface area contributed by atoms with Crippen LogP contribution in [0.25, 0.3) is 0 Å². The molecule has 0 radical (unpaired) electrons. The lowest BCUT2D eigenvalue weighted by Gasteiger charge is -2.05. The average molecular weight is 192 g/mol. The highest BCUT2D eigenvalue weighted by Crippen LogP contribution is 1.81. The van der Waals surface area contributed by atoms with Crippen molar-refractivity contribution in [2.45, 2.75) is 26.4 Å². The van der Waals surface area contributed by atoms with Crippen LogP contribution in [0.4, 0.5) is 0 Å². The molecule has 0 aliphatic carbocycles. The molecule has 4 heteroatoms. The van der Waals surface area contributed by atoms with E-state index in [1.54, 1.807) is 0 Å². The van der Waals surface area contributed by atoms with Crippen LogP contribution in [0.5, 0.6) is 0 Å². The van der Waals surface area contributed by atoms with E-state index >= 15 is 0 Å². The monoisotopic (exact) mass is 192 g/mol. The molecule has 0 aliphatic heterocycles. The van der Waals surface area contributed by atoms with Crippen molar-refractivity contribution in [3.63, 3.8) is 0 Å². The quantitative estimate of drug-likeness (QED) is 0.635. The summed E-state index contributed by atoms with van der Waals surface area (Å²) in [7, 11) is 0. The first kappa shape index (κ1) is 10.3. The molecule has 1 aromatic rings. The predicted molar refractivity (Wildman–Crippen MR) is 54.1 cm³/mol. The van der Waals surface area contributed by atoms with E-state index in [9.17, 15) is 9.59 Å². The third-order valence-electron chi connectivity index (χ3n) is 1.96. The Morgan fingerprint density at radius 2 is 2.21 bits per heavy atom. The number of hydrogen-bond donors (Lipinski definition) is 0. The van der Waals surface area contributed by atoms with Crippen molar-refractivity contribution in [2.24, 2.45) is 0 Å². The maximum absolute atomic E-state index is 11.6. The van der Waals surface area contributed by atoms with Crippen LogP contribution in [0.15, 0.2) is 21.9 Å². The summed E-state index contributed by atoms with van der Waals surface area (Å²) in [6, 6.07) is 1.38. The Balaban J connectivity index is 3.21. The van der Waals surface area contributed by atoms with Crippen LogP contribution in [-0.4, -0.2) is 9.13 Å². The van der Waals surface area contributed by atoms with Gasteiger partial charge in [0.25, 0.3) is 5.56 Å². The van der Waals surface area contributed by atoms with Gasteiger partial charge in [-0.1, -0.05) is 0 Å². The Bertz CT molecular complexity index is 462. The van der Waals surface area contributed by atoms with E-state index in [-0.39, 0.29) is 17.8 Å². The minimum Gasteiger partial charge on any atom is -0.301 e. The van der Waals surface area contributed by atoms with Gasteiger partial charge in [0.1, 0.15) is 0 Å². The number of rotatable bonds is 3. The van der Waals surface area contributed by atoms with E-state index in [2.05, 4.69) is 5.92 Å². The SMILES string of the molecule is C#CCCn1c(=O)ccn(CC)c1=O. The van der Waals surface area contributed by atoms with E-state index in [1.165, 1.54) is 16.8 Å². The number of terminal acetylenes is 1. The lowest BCUT2D eigenvalue weighted by Crippen LogP contribution is -2.38. The van der Waals surface area contributed by atoms with Crippen molar-refractivity contribution in [3.8, 4) is 12.3 Å². The molecular weight excluding hydrogens is 180 g/mol. The van der Waals surface area contributed by atoms with Crippen molar-refractivity contribution >= 4 is 0 Å². The van der Waals surface area contributed by atoms with Gasteiger partial charge in [-0.15, -0.1) is 12.3 Å². The molecule has 0 aromatic carbocycles. The summed E-state index contributed by atoms with van der Waals surface area (Å²) in [6.45, 7) is 2.68. The fraction of sp³-hybridized carbons (Fsp3) is 0.400. The summed E-state index contributed by atoms with van der Waals surface area (Å²) in [6.07, 6.45) is 6.96. The van der Waals surface area contributed by atoms with E-state index in [4.69, 9.17) is 6.42 Å². The molecule has 4 nitrogen and oxygen atoms in total. The summed E-state index contributed by atoms with van der Waals surface area (Å²) >= 11 is 0. The fourth-order valence-electron chi connectivity index (χ4n) is 1.18. The first-order valence-corrected chi connectivity index (χ1v) is 4.44. The summed E-state index contributed by atoms with van der Waals surface area (Å²) < 4.78 is 2.63. The van der Waals surface area contributed by atoms with Crippen LogP contribution in [0.2, 0.25) is 0 Å². The molecule has 74 valence electrons. The molecule has 0 aliphatic rings. The van der Waals surface area contributed by atoms with Crippen LogP contribution in [0, 0.1) is 12.3 Å². The zero-order valence-electron chi connectivity index (χ0n) is 8.06. The molecule has 0 N–H and O–H groups in total. The van der Waals surface area contributed by atoms with E-state index in [1.807, 2.05) is 6.92 Å². The van der Waals surface area contributed by atoms with Crippen molar-refractivity contribution in [1.29, 1.82) is 0 Å². The minimum absolute atomic E-state index is 0.287. The number of hydrogen-bond acceptors (Lipinski definition) is 2. The number of aromatic nitrogens is 2. The highest BCUT2D eigenvalue weighted by atomic mass is 16.2. The Hall–Kier alpha value is -1.76. The van der Waals surface area contributed by atoms with Crippen molar-refractivity contribution in [2.75, 3.05) is 0 Å². The van der Waals surface area contributed by atoms with Crippen LogP contribution in [-0.2, 0) is 13.1 Å². The standard InChI is InChI=1S/C10H12N2O2/c1-3-5-7-12-9(13)6-8-11(4-2)10(12)14/h1,6,8H,4-5,7H2,2H3. The molecule has 0 unspecified atom stereocenters. The van der Waals surface area contributed by atoms with Crippen LogP contribution < -0.4 is 11.2 Å². The van der Waals surface area contributed by atoms with Gasteiger partial charge < -0.3 is 4.57 Å². The van der Waals surface area contributed by atoms with Gasteiger partial charge in [0, 0.05) is 31.8 Å². The lowest BCUT2D eigenvalue weighted by atomic mass is 10.4. The minimum atomic E-state index is -0.296. The maximum Gasteiger partial charge on any atom is 0.330 e. The molecule has 0 atom stereocenters. The third-order valence-corrected chi connectivity index (χ3v) is 1.96. The molecule has 0 bridgehead atoms. The summed E-state index contributed by atoms with van der Waals surface area (Å²) in [5, 5.41) is 0. The topological polar surface area (TPSA) is 44.0 Å². The highest BCUT2D eigenvalue weighted by molar-refractivity contribution is 4.89. The average Bonchev–Trinajstić information content (AvgIpc) is 2.18. The zero-order chi connectivity index (χ0) is 10.6. The highest BCUT2D eigenvalue weighted by Gasteiger charge is 2.02. The second kappa shape index (κ2) is 4.47. The predicted octanol–water partition coefficient (Wildman–Crippen LogP) is 0.0532. The Morgan fingerprint density at radius 1 is 1.50 bits per heavy atom. The molecule has 0 amide bonds. The smallest absolute Gasteiger partial charge is 0.301 e. The van der Waals surface area contributed by atoms with Gasteiger partial charge in [-0.05, 0) is 6.92 Å². The molecule has 1 rings (SSSR count). The molecule has 0 saturated carbocycles. The Labute approximate surface area is 81.8 Å². The second-order valence-corrected chi connectivity index (χ2v) is 2.83. The molecule has 0 spiro atoms. The van der Waals surface area contributed by atoms with Crippen LogP contribution in [0.1, 0.15) is 13.3 Å². The van der Waals surface area contributed by atoms with Crippen molar-refractivity contribution in [3.05, 3.63) is 33.1 Å². The lowest BCUT2D eigenvalue weighted by molar-refractivity contribution is 0.573. The molecule has 0 fully saturated rings. The molecule has 1 heterocycles. The van der Waals surface area contributed by atoms with Gasteiger partial charge in [-0.2, -0.15) is 0 Å². The van der Waals surface area contributed by atoms with Crippen molar-refractivity contribution in [1.82, 2.24) is 9.13 Å². The van der Waals surface area contributed by atoms with Gasteiger partial charge in [0.05, 0.1) is 0 Å². The molecule has 0 saturated heterocycles. The number of aryl methyl sites for hydroxylation is 1. The van der Waals surface area contributed by atoms with Crippen LogP contribution in [0.3, 0.4) is 0 Å². The Kier molecular flexibility index (Phi) is 3.29. The summed E-state index contributed by atoms with van der Waals surface area (Å²) in [4.78, 5) is 22.9. The van der Waals surface area contributed by atoms with Gasteiger partial charge in [0.2, 0.25) is 0 Å². The molecule has 1 aromatic heterocycles. The number of nitrogens with zero attached hydrogens (tertiary/aromatic N) is 2. The molecular formula is C10H12N2O2. The largest absolute Gasteiger partial charge is 0.330 e. The van der Waals surface area contributed by atoms with E-state index in [0.29, 0.717) is 13.0 Å². The van der Waals surface area contributed by atoms with Gasteiger partial charge in [-0.3, -0.25) is 9.36 Å². The second-order valence-electron chi connectivity index (χ2n) is 2.83. The molecule has 14 heavy (non-hydrogen) atoms. The third kappa shape index (κ3) is 1.94. The van der Waals surface area contributed by atoms with Gasteiger partial charge >= 0.3 is 5.69 Å². The first-order chi connectivity index (χ1) is 6.70. The van der Waals surface area contributed by atoms with Gasteiger partial charge in [0.15, 0.2) is 0 Å². The normalized spacial score (nSPS) is 9.71. The Morgan fingerprint density at radius 3 is 2.79 bits per heavy atom. The first-order valence-electron chi connectivity index (χ1n) is 4.44. The zero-order valence-corrected chi connectivity index (χ0v) is 8.06. The van der Waals surface area contributed by atoms with Crippen LogP contribution >= 0.6 is 0 Å². The summed E-state index contributed by atoms with van der Waals surface area (Å²) in [5.41, 5.74) is -0.592. The van der Waals surface area contributed by atoms with Gasteiger partial charge in [-0.25, -0.2) is 4.79 Å². The van der Waals surface area contributed by atoms with E-state index < -0.39 is 0 Å². The maximum atomic E-state index is 11.6. The summed E-state index contributed by atoms with van der Waals surface area (Å²) in [5.74, 6) is 2.40. The fourth-order valence-corrected chi connectivity index (χ4v) is 1.18. The van der Waals surface area contributed by atoms with E-state index in [0.717, 1.165) is 4.57 Å².